The van der Waals surface area contributed by atoms with Crippen molar-refractivity contribution in [1.82, 2.24) is 19.4 Å². The maximum atomic E-state index is 12.4. The summed E-state index contributed by atoms with van der Waals surface area (Å²) in [5.41, 5.74) is 6.56. The van der Waals surface area contributed by atoms with Crippen molar-refractivity contribution in [3.05, 3.63) is 34.7 Å². The fourth-order valence-electron chi connectivity index (χ4n) is 3.39. The Kier molecular flexibility index (Phi) is 4.89. The van der Waals surface area contributed by atoms with Gasteiger partial charge in [-0.3, -0.25) is 23.6 Å². The molecule has 2 amide bonds. The van der Waals surface area contributed by atoms with Crippen molar-refractivity contribution in [1.29, 1.82) is 0 Å². The summed E-state index contributed by atoms with van der Waals surface area (Å²) in [6.07, 6.45) is 1.53. The van der Waals surface area contributed by atoms with Gasteiger partial charge < -0.3 is 11.1 Å². The smallest absolute Gasteiger partial charge is 0.329 e. The maximum Gasteiger partial charge on any atom is 0.329 e. The number of aryl methyl sites for hydroxylation is 1. The Balaban J connectivity index is 1.62. The number of carbonyl (C=O) groups is 2. The van der Waals surface area contributed by atoms with E-state index in [4.69, 9.17) is 5.73 Å². The van der Waals surface area contributed by atoms with Gasteiger partial charge in [-0.15, -0.1) is 0 Å². The first-order valence-corrected chi connectivity index (χ1v) is 8.40. The van der Waals surface area contributed by atoms with E-state index in [1.165, 1.54) is 4.57 Å². The Labute approximate surface area is 145 Å². The highest BCUT2D eigenvalue weighted by molar-refractivity contribution is 5.81. The van der Waals surface area contributed by atoms with Crippen LogP contribution in [0.15, 0.2) is 29.1 Å². The molecule has 1 saturated heterocycles. The van der Waals surface area contributed by atoms with E-state index in [2.05, 4.69) is 5.32 Å². The maximum absolute atomic E-state index is 12.4. The van der Waals surface area contributed by atoms with Gasteiger partial charge in [-0.05, 0) is 25.0 Å². The molecule has 0 unspecified atom stereocenters. The van der Waals surface area contributed by atoms with E-state index in [1.807, 2.05) is 29.2 Å². The number of primary amides is 1. The second-order valence-corrected chi connectivity index (χ2v) is 6.50. The standard InChI is InChI=1S/C17H23N5O3/c1-20-13-4-2-3-5-14(13)22(17(20)25)11-16(24)19-12-6-8-21(9-7-12)10-15(18)23/h2-5,12H,6-11H2,1H3,(H2,18,23)(H,19,24). The van der Waals surface area contributed by atoms with Crippen LogP contribution in [0.2, 0.25) is 0 Å². The van der Waals surface area contributed by atoms with Crippen LogP contribution in [0.3, 0.4) is 0 Å². The van der Waals surface area contributed by atoms with Gasteiger partial charge in [0.15, 0.2) is 0 Å². The molecule has 3 rings (SSSR count). The molecule has 1 aromatic heterocycles. The number of nitrogens with zero attached hydrogens (tertiary/aromatic N) is 3. The van der Waals surface area contributed by atoms with E-state index >= 15 is 0 Å². The van der Waals surface area contributed by atoms with Crippen LogP contribution < -0.4 is 16.7 Å². The molecule has 2 heterocycles. The summed E-state index contributed by atoms with van der Waals surface area (Å²) < 4.78 is 3.04. The molecule has 2 aromatic rings. The summed E-state index contributed by atoms with van der Waals surface area (Å²) in [5, 5.41) is 2.99. The van der Waals surface area contributed by atoms with Crippen LogP contribution in [0.4, 0.5) is 0 Å². The summed E-state index contributed by atoms with van der Waals surface area (Å²) >= 11 is 0. The number of benzene rings is 1. The van der Waals surface area contributed by atoms with Crippen LogP contribution in [0, 0.1) is 0 Å². The number of fused-ring (bicyclic) bond motifs is 1. The minimum absolute atomic E-state index is 0.00167. The molecule has 8 nitrogen and oxygen atoms in total. The van der Waals surface area contributed by atoms with Gasteiger partial charge in [0.2, 0.25) is 11.8 Å². The van der Waals surface area contributed by atoms with Gasteiger partial charge in [0.05, 0.1) is 17.6 Å². The van der Waals surface area contributed by atoms with E-state index in [-0.39, 0.29) is 36.6 Å². The first kappa shape index (κ1) is 17.2. The van der Waals surface area contributed by atoms with Gasteiger partial charge in [-0.2, -0.15) is 0 Å². The number of aromatic nitrogens is 2. The first-order chi connectivity index (χ1) is 12.0. The van der Waals surface area contributed by atoms with Crippen LogP contribution in [0.5, 0.6) is 0 Å². The number of hydrogen-bond donors (Lipinski definition) is 2. The van der Waals surface area contributed by atoms with Crippen molar-refractivity contribution >= 4 is 22.8 Å². The first-order valence-electron chi connectivity index (χ1n) is 8.40. The molecule has 0 saturated carbocycles. The Hall–Kier alpha value is -2.61. The number of hydrogen-bond acceptors (Lipinski definition) is 4. The second-order valence-electron chi connectivity index (χ2n) is 6.50. The van der Waals surface area contributed by atoms with Gasteiger partial charge in [0.1, 0.15) is 6.54 Å². The summed E-state index contributed by atoms with van der Waals surface area (Å²) in [4.78, 5) is 37.7. The second kappa shape index (κ2) is 7.10. The average Bonchev–Trinajstić information content (AvgIpc) is 2.82. The van der Waals surface area contributed by atoms with Crippen LogP contribution in [0.25, 0.3) is 11.0 Å². The summed E-state index contributed by atoms with van der Waals surface area (Å²) in [7, 11) is 1.70. The lowest BCUT2D eigenvalue weighted by Crippen LogP contribution is -2.47. The van der Waals surface area contributed by atoms with Gasteiger partial charge in [0, 0.05) is 26.2 Å². The van der Waals surface area contributed by atoms with Crippen molar-refractivity contribution in [3.63, 3.8) is 0 Å². The zero-order valence-corrected chi connectivity index (χ0v) is 14.3. The molecular formula is C17H23N5O3. The highest BCUT2D eigenvalue weighted by Gasteiger charge is 2.22. The van der Waals surface area contributed by atoms with Crippen molar-refractivity contribution in [3.8, 4) is 0 Å². The molecule has 0 bridgehead atoms. The molecule has 1 fully saturated rings. The van der Waals surface area contributed by atoms with Gasteiger partial charge in [-0.25, -0.2) is 4.79 Å². The lowest BCUT2D eigenvalue weighted by Gasteiger charge is -2.31. The third kappa shape index (κ3) is 3.74. The zero-order chi connectivity index (χ0) is 18.0. The Bertz CT molecular complexity index is 846. The van der Waals surface area contributed by atoms with Crippen LogP contribution in [-0.2, 0) is 23.2 Å². The molecule has 1 aliphatic heterocycles. The quantitative estimate of drug-likeness (QED) is 0.756. The predicted octanol–water partition coefficient (Wildman–Crippen LogP) is -0.594. The predicted molar refractivity (Wildman–Crippen MR) is 94.0 cm³/mol. The fraction of sp³-hybridized carbons (Fsp3) is 0.471. The molecule has 1 aromatic carbocycles. The number of para-hydroxylation sites is 2. The van der Waals surface area contributed by atoms with E-state index in [9.17, 15) is 14.4 Å². The largest absolute Gasteiger partial charge is 0.369 e. The molecule has 0 spiro atoms. The number of nitrogens with two attached hydrogens (primary N) is 1. The molecule has 0 aliphatic carbocycles. The van der Waals surface area contributed by atoms with Crippen molar-refractivity contribution in [2.75, 3.05) is 19.6 Å². The lowest BCUT2D eigenvalue weighted by molar-refractivity contribution is -0.123. The highest BCUT2D eigenvalue weighted by Crippen LogP contribution is 2.12. The van der Waals surface area contributed by atoms with Gasteiger partial charge in [0.25, 0.3) is 0 Å². The van der Waals surface area contributed by atoms with Crippen molar-refractivity contribution in [2.24, 2.45) is 12.8 Å². The van der Waals surface area contributed by atoms with E-state index < -0.39 is 0 Å². The average molecular weight is 345 g/mol. The molecule has 0 atom stereocenters. The normalized spacial score (nSPS) is 16.2. The number of amides is 2. The Morgan fingerprint density at radius 1 is 1.16 bits per heavy atom. The number of carbonyl (C=O) groups excluding carboxylic acids is 2. The number of likely N-dealkylation sites (tertiary alicyclic amines) is 1. The summed E-state index contributed by atoms with van der Waals surface area (Å²) in [6.45, 7) is 1.71. The van der Waals surface area contributed by atoms with E-state index in [0.29, 0.717) is 0 Å². The number of nitrogens with one attached hydrogen (secondary N) is 1. The molecule has 0 radical (unpaired) electrons. The summed E-state index contributed by atoms with van der Waals surface area (Å²) in [5.74, 6) is -0.510. The Morgan fingerprint density at radius 2 is 1.80 bits per heavy atom. The fourth-order valence-corrected chi connectivity index (χ4v) is 3.39. The number of piperidine rings is 1. The van der Waals surface area contributed by atoms with E-state index in [0.717, 1.165) is 37.0 Å². The monoisotopic (exact) mass is 345 g/mol. The third-order valence-electron chi connectivity index (χ3n) is 4.69. The van der Waals surface area contributed by atoms with Gasteiger partial charge in [-0.1, -0.05) is 12.1 Å². The molecular weight excluding hydrogens is 322 g/mol. The van der Waals surface area contributed by atoms with Crippen molar-refractivity contribution in [2.45, 2.75) is 25.4 Å². The molecule has 3 N–H and O–H groups in total. The number of imidazole rings is 1. The minimum atomic E-state index is -0.335. The van der Waals surface area contributed by atoms with Gasteiger partial charge >= 0.3 is 5.69 Å². The Morgan fingerprint density at radius 3 is 2.44 bits per heavy atom. The third-order valence-corrected chi connectivity index (χ3v) is 4.69. The molecule has 25 heavy (non-hydrogen) atoms. The highest BCUT2D eigenvalue weighted by atomic mass is 16.2. The van der Waals surface area contributed by atoms with E-state index in [1.54, 1.807) is 11.6 Å². The number of rotatable bonds is 5. The SMILES string of the molecule is Cn1c(=O)n(CC(=O)NC2CCN(CC(N)=O)CC2)c2ccccc21. The zero-order valence-electron chi connectivity index (χ0n) is 14.3. The molecule has 1 aliphatic rings. The van der Waals surface area contributed by atoms with Crippen molar-refractivity contribution < 1.29 is 9.59 Å². The topological polar surface area (TPSA) is 102 Å². The lowest BCUT2D eigenvalue weighted by atomic mass is 10.1. The summed E-state index contributed by atoms with van der Waals surface area (Å²) in [6, 6.07) is 7.48. The van der Waals surface area contributed by atoms with Crippen LogP contribution >= 0.6 is 0 Å². The minimum Gasteiger partial charge on any atom is -0.369 e. The van der Waals surface area contributed by atoms with Crippen LogP contribution in [-0.4, -0.2) is 51.5 Å². The molecule has 134 valence electrons. The van der Waals surface area contributed by atoms with Crippen LogP contribution in [0.1, 0.15) is 12.8 Å². The molecule has 8 heteroatoms.